The van der Waals surface area contributed by atoms with Gasteiger partial charge in [0.25, 0.3) is 0 Å². The summed E-state index contributed by atoms with van der Waals surface area (Å²) in [6, 6.07) is 0. The normalized spacial score (nSPS) is 11.2. The van der Waals surface area contributed by atoms with Crippen LogP contribution >= 0.6 is 15.9 Å². The minimum absolute atomic E-state index is 0.340. The van der Waals surface area contributed by atoms with Crippen LogP contribution in [0.2, 0.25) is 0 Å². The summed E-state index contributed by atoms with van der Waals surface area (Å²) in [5.41, 5.74) is 4.88. The first-order chi connectivity index (χ1) is 11.3. The summed E-state index contributed by atoms with van der Waals surface area (Å²) in [5.74, 6) is -0.756. The van der Waals surface area contributed by atoms with Crippen molar-refractivity contribution in [2.75, 3.05) is 13.2 Å². The maximum atomic E-state index is 11.6. The first-order valence-electron chi connectivity index (χ1n) is 7.82. The molecule has 0 spiro atoms. The van der Waals surface area contributed by atoms with Gasteiger partial charge in [-0.2, -0.15) is 0 Å². The number of halogens is 1. The second-order valence-corrected chi connectivity index (χ2v) is 5.98. The summed E-state index contributed by atoms with van der Waals surface area (Å²) in [5, 5.41) is 0. The summed E-state index contributed by atoms with van der Waals surface area (Å²) in [6.45, 7) is 10.1. The molecule has 4 nitrogen and oxygen atoms in total. The van der Waals surface area contributed by atoms with Crippen molar-refractivity contribution in [2.45, 2.75) is 34.6 Å². The Morgan fingerprint density at radius 1 is 0.833 bits per heavy atom. The van der Waals surface area contributed by atoms with E-state index in [1.165, 1.54) is 12.2 Å². The zero-order valence-corrected chi connectivity index (χ0v) is 16.3. The third kappa shape index (κ3) is 5.06. The van der Waals surface area contributed by atoms with Crippen molar-refractivity contribution in [2.24, 2.45) is 0 Å². The van der Waals surface area contributed by atoms with Gasteiger partial charge in [0.05, 0.1) is 13.2 Å². The minimum atomic E-state index is -0.378. The lowest BCUT2D eigenvalue weighted by Gasteiger charge is -2.16. The van der Waals surface area contributed by atoms with Gasteiger partial charge in [-0.3, -0.25) is 0 Å². The van der Waals surface area contributed by atoms with E-state index in [9.17, 15) is 9.59 Å². The average Bonchev–Trinajstić information content (AvgIpc) is 2.53. The molecule has 0 radical (unpaired) electrons. The van der Waals surface area contributed by atoms with E-state index in [1.807, 2.05) is 20.8 Å². The molecule has 0 aromatic heterocycles. The molecule has 0 amide bonds. The fourth-order valence-corrected chi connectivity index (χ4v) is 2.84. The lowest BCUT2D eigenvalue weighted by Crippen LogP contribution is -2.02. The van der Waals surface area contributed by atoms with Crippen LogP contribution in [-0.2, 0) is 19.1 Å². The lowest BCUT2D eigenvalue weighted by atomic mass is 9.93. The average molecular weight is 395 g/mol. The molecule has 1 aromatic rings. The molecular formula is C19H23BrO4. The van der Waals surface area contributed by atoms with E-state index in [0.717, 1.165) is 32.3 Å². The molecule has 0 saturated heterocycles. The van der Waals surface area contributed by atoms with E-state index in [4.69, 9.17) is 9.47 Å². The predicted molar refractivity (Wildman–Crippen MR) is 99.7 cm³/mol. The number of rotatable bonds is 6. The summed E-state index contributed by atoms with van der Waals surface area (Å²) < 4.78 is 10.8. The molecule has 0 aliphatic carbocycles. The molecule has 0 saturated carbocycles. The molecule has 0 bridgehead atoms. The number of carbonyl (C=O) groups is 2. The minimum Gasteiger partial charge on any atom is -0.463 e. The Hall–Kier alpha value is -1.88. The molecule has 1 rings (SSSR count). The lowest BCUT2D eigenvalue weighted by molar-refractivity contribution is -0.138. The Morgan fingerprint density at radius 2 is 1.21 bits per heavy atom. The molecule has 0 aliphatic rings. The highest BCUT2D eigenvalue weighted by Gasteiger charge is 2.13. The van der Waals surface area contributed by atoms with Gasteiger partial charge in [0.15, 0.2) is 0 Å². The van der Waals surface area contributed by atoms with Gasteiger partial charge in [0.2, 0.25) is 0 Å². The Bertz CT molecular complexity index is 632. The predicted octanol–water partition coefficient (Wildman–Crippen LogP) is 4.53. The molecule has 0 aliphatic heterocycles. The van der Waals surface area contributed by atoms with Crippen LogP contribution in [0.15, 0.2) is 16.6 Å². The number of ether oxygens (including phenoxy) is 2. The van der Waals surface area contributed by atoms with E-state index in [2.05, 4.69) is 15.9 Å². The van der Waals surface area contributed by atoms with Gasteiger partial charge in [-0.1, -0.05) is 15.9 Å². The first kappa shape index (κ1) is 20.2. The summed E-state index contributed by atoms with van der Waals surface area (Å²) >= 11 is 3.59. The Labute approximate surface area is 151 Å². The molecule has 5 heteroatoms. The Kier molecular flexibility index (Phi) is 7.92. The van der Waals surface area contributed by atoms with Crippen molar-refractivity contribution >= 4 is 40.0 Å². The van der Waals surface area contributed by atoms with Crippen LogP contribution in [0.3, 0.4) is 0 Å². The van der Waals surface area contributed by atoms with Crippen LogP contribution in [0, 0.1) is 20.8 Å². The maximum absolute atomic E-state index is 11.6. The van der Waals surface area contributed by atoms with Gasteiger partial charge in [-0.05, 0) is 74.6 Å². The largest absolute Gasteiger partial charge is 0.463 e. The Balaban J connectivity index is 3.32. The number of hydrogen-bond donors (Lipinski definition) is 0. The topological polar surface area (TPSA) is 52.6 Å². The monoisotopic (exact) mass is 394 g/mol. The SMILES string of the molecule is CCOC(=O)/C=C\c1c(C)c(Br)c(C)c(/C=C\C(=O)OCC)c1C. The van der Waals surface area contributed by atoms with E-state index < -0.39 is 0 Å². The molecule has 130 valence electrons. The van der Waals surface area contributed by atoms with Gasteiger partial charge >= 0.3 is 11.9 Å². The first-order valence-corrected chi connectivity index (χ1v) is 8.61. The van der Waals surface area contributed by atoms with Crippen LogP contribution < -0.4 is 0 Å². The van der Waals surface area contributed by atoms with Gasteiger partial charge in [-0.15, -0.1) is 0 Å². The van der Waals surface area contributed by atoms with Crippen LogP contribution in [-0.4, -0.2) is 25.2 Å². The molecule has 1 aromatic carbocycles. The standard InChI is InChI=1S/C19H23BrO4/c1-6-23-17(21)10-8-15-12(3)16(9-11-18(22)24-7-2)14(5)19(20)13(15)4/h8-11H,6-7H2,1-5H3/b10-8-,11-9-. The summed E-state index contributed by atoms with van der Waals surface area (Å²) in [4.78, 5) is 23.1. The van der Waals surface area contributed by atoms with E-state index in [1.54, 1.807) is 26.0 Å². The van der Waals surface area contributed by atoms with Crippen LogP contribution in [0.4, 0.5) is 0 Å². The zero-order chi connectivity index (χ0) is 18.3. The molecule has 0 atom stereocenters. The van der Waals surface area contributed by atoms with Crippen LogP contribution in [0.25, 0.3) is 12.2 Å². The van der Waals surface area contributed by atoms with Crippen molar-refractivity contribution in [3.05, 3.63) is 44.4 Å². The highest BCUT2D eigenvalue weighted by Crippen LogP contribution is 2.32. The van der Waals surface area contributed by atoms with Gasteiger partial charge in [-0.25, -0.2) is 9.59 Å². The fourth-order valence-electron chi connectivity index (χ4n) is 2.41. The van der Waals surface area contributed by atoms with Gasteiger partial charge < -0.3 is 9.47 Å². The van der Waals surface area contributed by atoms with Crippen molar-refractivity contribution < 1.29 is 19.1 Å². The second kappa shape index (κ2) is 9.42. The molecule has 0 fully saturated rings. The smallest absolute Gasteiger partial charge is 0.330 e. The number of hydrogen-bond acceptors (Lipinski definition) is 4. The summed E-state index contributed by atoms with van der Waals surface area (Å²) in [7, 11) is 0. The second-order valence-electron chi connectivity index (χ2n) is 5.19. The van der Waals surface area contributed by atoms with Gasteiger partial charge in [0, 0.05) is 16.6 Å². The summed E-state index contributed by atoms with van der Waals surface area (Å²) in [6.07, 6.45) is 6.32. The fraction of sp³-hybridized carbons (Fsp3) is 0.368. The van der Waals surface area contributed by atoms with Crippen molar-refractivity contribution in [1.29, 1.82) is 0 Å². The molecule has 0 heterocycles. The number of benzene rings is 1. The van der Waals surface area contributed by atoms with Crippen LogP contribution in [0.5, 0.6) is 0 Å². The third-order valence-electron chi connectivity index (χ3n) is 3.62. The Morgan fingerprint density at radius 3 is 1.54 bits per heavy atom. The quantitative estimate of drug-likeness (QED) is 0.525. The van der Waals surface area contributed by atoms with Crippen molar-refractivity contribution in [3.63, 3.8) is 0 Å². The van der Waals surface area contributed by atoms with Crippen molar-refractivity contribution in [3.8, 4) is 0 Å². The van der Waals surface area contributed by atoms with E-state index in [0.29, 0.717) is 13.2 Å². The molecular weight excluding hydrogens is 372 g/mol. The highest BCUT2D eigenvalue weighted by atomic mass is 79.9. The van der Waals surface area contributed by atoms with Crippen molar-refractivity contribution in [1.82, 2.24) is 0 Å². The van der Waals surface area contributed by atoms with Gasteiger partial charge in [0.1, 0.15) is 0 Å². The zero-order valence-electron chi connectivity index (χ0n) is 14.7. The van der Waals surface area contributed by atoms with E-state index >= 15 is 0 Å². The molecule has 0 unspecified atom stereocenters. The highest BCUT2D eigenvalue weighted by molar-refractivity contribution is 9.10. The third-order valence-corrected chi connectivity index (χ3v) is 4.81. The maximum Gasteiger partial charge on any atom is 0.330 e. The molecule has 24 heavy (non-hydrogen) atoms. The van der Waals surface area contributed by atoms with E-state index in [-0.39, 0.29) is 11.9 Å². The van der Waals surface area contributed by atoms with Crippen LogP contribution in [0.1, 0.15) is 41.7 Å². The number of carbonyl (C=O) groups excluding carboxylic acids is 2. The number of esters is 2. The molecule has 0 N–H and O–H groups in total.